The van der Waals surface area contributed by atoms with Crippen LogP contribution in [0.5, 0.6) is 0 Å². The Morgan fingerprint density at radius 2 is 2.06 bits per heavy atom. The molecule has 1 aliphatic rings. The van der Waals surface area contributed by atoms with Crippen molar-refractivity contribution in [1.82, 2.24) is 14.5 Å². The van der Waals surface area contributed by atoms with Crippen molar-refractivity contribution in [3.8, 4) is 5.69 Å². The van der Waals surface area contributed by atoms with E-state index in [0.717, 1.165) is 19.5 Å². The topological polar surface area (TPSA) is 55.2 Å². The zero-order valence-corrected chi connectivity index (χ0v) is 18.8. The molecule has 5 nitrogen and oxygen atoms in total. The highest BCUT2D eigenvalue weighted by atomic mass is 35.5. The Morgan fingerprint density at radius 1 is 1.29 bits per heavy atom. The van der Waals surface area contributed by atoms with Crippen molar-refractivity contribution in [2.24, 2.45) is 5.92 Å². The molecule has 1 heterocycles. The number of aromatic nitrogens is 2. The lowest BCUT2D eigenvalue weighted by molar-refractivity contribution is -0.128. The first-order valence-corrected chi connectivity index (χ1v) is 11.7. The van der Waals surface area contributed by atoms with Crippen molar-refractivity contribution in [3.05, 3.63) is 63.7 Å². The Balaban J connectivity index is 1.69. The Hall–Kier alpha value is -2.38. The third kappa shape index (κ3) is 4.93. The summed E-state index contributed by atoms with van der Waals surface area (Å²) in [6, 6.07) is 11.2. The standard InChI is InChI=1S/C23H23ClFN3O2S/c1-2-11-27(13-15-7-8-15)21(29)14-31-23-26-20-6-4-3-5-17(20)22(30)28(23)16-9-10-19(25)18(24)12-16/h3-6,9-10,12,15H,2,7-8,11,13-14H2,1H3. The van der Waals surface area contributed by atoms with Crippen molar-refractivity contribution < 1.29 is 9.18 Å². The highest BCUT2D eigenvalue weighted by Gasteiger charge is 2.26. The molecule has 1 fully saturated rings. The minimum atomic E-state index is -0.563. The molecule has 0 aliphatic heterocycles. The van der Waals surface area contributed by atoms with Crippen molar-refractivity contribution in [3.63, 3.8) is 0 Å². The average molecular weight is 460 g/mol. The molecule has 1 aromatic heterocycles. The Labute approximate surface area is 189 Å². The van der Waals surface area contributed by atoms with Crippen molar-refractivity contribution in [2.75, 3.05) is 18.8 Å². The Kier molecular flexibility index (Phi) is 6.62. The van der Waals surface area contributed by atoms with Crippen LogP contribution in [0.3, 0.4) is 0 Å². The summed E-state index contributed by atoms with van der Waals surface area (Å²) in [6.07, 6.45) is 3.26. The maximum Gasteiger partial charge on any atom is 0.266 e. The molecule has 0 unspecified atom stereocenters. The van der Waals surface area contributed by atoms with Gasteiger partial charge in [-0.15, -0.1) is 0 Å². The van der Waals surface area contributed by atoms with Gasteiger partial charge in [0.1, 0.15) is 5.82 Å². The van der Waals surface area contributed by atoms with Crippen LogP contribution in [0.2, 0.25) is 5.02 Å². The lowest BCUT2D eigenvalue weighted by Gasteiger charge is -2.22. The van der Waals surface area contributed by atoms with Crippen molar-refractivity contribution in [1.29, 1.82) is 0 Å². The first kappa shape index (κ1) is 21.8. The fourth-order valence-electron chi connectivity index (χ4n) is 3.48. The number of carbonyl (C=O) groups excluding carboxylic acids is 1. The number of thioether (sulfide) groups is 1. The number of carbonyl (C=O) groups is 1. The molecule has 0 N–H and O–H groups in total. The van der Waals surface area contributed by atoms with Gasteiger partial charge in [-0.25, -0.2) is 9.37 Å². The quantitative estimate of drug-likeness (QED) is 0.354. The average Bonchev–Trinajstić information content (AvgIpc) is 3.58. The highest BCUT2D eigenvalue weighted by molar-refractivity contribution is 7.99. The van der Waals surface area contributed by atoms with Crippen LogP contribution < -0.4 is 5.56 Å². The molecular formula is C23H23ClFN3O2S. The summed E-state index contributed by atoms with van der Waals surface area (Å²) in [5, 5.41) is 0.741. The van der Waals surface area contributed by atoms with Gasteiger partial charge >= 0.3 is 0 Å². The van der Waals surface area contributed by atoms with Gasteiger partial charge in [0, 0.05) is 13.1 Å². The molecule has 1 amide bonds. The van der Waals surface area contributed by atoms with E-state index in [0.29, 0.717) is 27.7 Å². The maximum absolute atomic E-state index is 13.7. The van der Waals surface area contributed by atoms with Gasteiger partial charge in [0.25, 0.3) is 5.56 Å². The van der Waals surface area contributed by atoms with E-state index in [4.69, 9.17) is 11.6 Å². The third-order valence-corrected chi connectivity index (χ3v) is 6.47. The van der Waals surface area contributed by atoms with E-state index in [1.54, 1.807) is 18.2 Å². The summed E-state index contributed by atoms with van der Waals surface area (Å²) in [4.78, 5) is 32.7. The molecule has 1 aliphatic carbocycles. The van der Waals surface area contributed by atoms with E-state index < -0.39 is 5.82 Å². The summed E-state index contributed by atoms with van der Waals surface area (Å²) in [5.41, 5.74) is 0.676. The highest BCUT2D eigenvalue weighted by Crippen LogP contribution is 2.30. The third-order valence-electron chi connectivity index (χ3n) is 5.25. The molecule has 0 atom stereocenters. The largest absolute Gasteiger partial charge is 0.342 e. The zero-order chi connectivity index (χ0) is 22.0. The number of nitrogens with zero attached hydrogens (tertiary/aromatic N) is 3. The van der Waals surface area contributed by atoms with Gasteiger partial charge in [0.15, 0.2) is 5.16 Å². The number of hydrogen-bond acceptors (Lipinski definition) is 4. The number of hydrogen-bond donors (Lipinski definition) is 0. The predicted molar refractivity (Wildman–Crippen MR) is 123 cm³/mol. The van der Waals surface area contributed by atoms with Crippen LogP contribution in [0.1, 0.15) is 26.2 Å². The summed E-state index contributed by atoms with van der Waals surface area (Å²) >= 11 is 7.18. The molecular weight excluding hydrogens is 437 g/mol. The van der Waals surface area contributed by atoms with Gasteiger partial charge in [-0.3, -0.25) is 14.2 Å². The first-order chi connectivity index (χ1) is 15.0. The van der Waals surface area contributed by atoms with Crippen LogP contribution in [0.25, 0.3) is 16.6 Å². The van der Waals surface area contributed by atoms with Gasteiger partial charge in [-0.05, 0) is 55.5 Å². The smallest absolute Gasteiger partial charge is 0.266 e. The molecule has 31 heavy (non-hydrogen) atoms. The zero-order valence-electron chi connectivity index (χ0n) is 17.2. The monoisotopic (exact) mass is 459 g/mol. The first-order valence-electron chi connectivity index (χ1n) is 10.4. The number of rotatable bonds is 8. The predicted octanol–water partition coefficient (Wildman–Crippen LogP) is 4.92. The van der Waals surface area contributed by atoms with Gasteiger partial charge in [-0.1, -0.05) is 42.4 Å². The Morgan fingerprint density at radius 3 is 2.77 bits per heavy atom. The molecule has 162 valence electrons. The SMILES string of the molecule is CCCN(CC1CC1)C(=O)CSc1nc2ccccc2c(=O)n1-c1ccc(F)c(Cl)c1. The summed E-state index contributed by atoms with van der Waals surface area (Å²) in [5.74, 6) is 0.252. The summed E-state index contributed by atoms with van der Waals surface area (Å²) < 4.78 is 15.1. The fourth-order valence-corrected chi connectivity index (χ4v) is 4.57. The Bertz CT molecular complexity index is 1180. The van der Waals surface area contributed by atoms with Crippen LogP contribution in [0.15, 0.2) is 52.4 Å². The van der Waals surface area contributed by atoms with Crippen LogP contribution in [-0.4, -0.2) is 39.2 Å². The molecule has 2 aromatic carbocycles. The number of halogens is 2. The number of benzene rings is 2. The van der Waals surface area contributed by atoms with Crippen LogP contribution >= 0.6 is 23.4 Å². The van der Waals surface area contributed by atoms with E-state index in [-0.39, 0.29) is 22.2 Å². The van der Waals surface area contributed by atoms with E-state index in [2.05, 4.69) is 11.9 Å². The molecule has 3 aromatic rings. The van der Waals surface area contributed by atoms with Crippen LogP contribution in [-0.2, 0) is 4.79 Å². The summed E-state index contributed by atoms with van der Waals surface area (Å²) in [7, 11) is 0. The number of fused-ring (bicyclic) bond motifs is 1. The molecule has 8 heteroatoms. The lowest BCUT2D eigenvalue weighted by atomic mass is 10.2. The lowest BCUT2D eigenvalue weighted by Crippen LogP contribution is -2.35. The van der Waals surface area contributed by atoms with Gasteiger partial charge < -0.3 is 4.90 Å². The van der Waals surface area contributed by atoms with Crippen molar-refractivity contribution in [2.45, 2.75) is 31.3 Å². The number of para-hydroxylation sites is 1. The second kappa shape index (κ2) is 9.40. The van der Waals surface area contributed by atoms with E-state index >= 15 is 0 Å². The number of amides is 1. The van der Waals surface area contributed by atoms with Gasteiger partial charge in [0.05, 0.1) is 27.4 Å². The van der Waals surface area contributed by atoms with Crippen molar-refractivity contribution >= 4 is 40.2 Å². The van der Waals surface area contributed by atoms with Crippen LogP contribution in [0, 0.1) is 11.7 Å². The minimum absolute atomic E-state index is 0.0323. The normalized spacial score (nSPS) is 13.5. The summed E-state index contributed by atoms with van der Waals surface area (Å²) in [6.45, 7) is 3.57. The minimum Gasteiger partial charge on any atom is -0.342 e. The second-order valence-electron chi connectivity index (χ2n) is 7.72. The molecule has 4 rings (SSSR count). The molecule has 0 spiro atoms. The second-order valence-corrected chi connectivity index (χ2v) is 9.07. The molecule has 0 saturated heterocycles. The van der Waals surface area contributed by atoms with E-state index in [1.165, 1.54) is 47.4 Å². The fraction of sp³-hybridized carbons (Fsp3) is 0.348. The maximum atomic E-state index is 13.7. The van der Waals surface area contributed by atoms with E-state index in [9.17, 15) is 14.0 Å². The molecule has 0 bridgehead atoms. The van der Waals surface area contributed by atoms with E-state index in [1.807, 2.05) is 11.0 Å². The van der Waals surface area contributed by atoms with Crippen LogP contribution in [0.4, 0.5) is 4.39 Å². The van der Waals surface area contributed by atoms with Gasteiger partial charge in [0.2, 0.25) is 5.91 Å². The molecule has 1 saturated carbocycles. The van der Waals surface area contributed by atoms with Gasteiger partial charge in [-0.2, -0.15) is 0 Å². The molecule has 0 radical (unpaired) electrons.